The second-order valence-corrected chi connectivity index (χ2v) is 7.61. The van der Waals surface area contributed by atoms with Crippen LogP contribution >= 0.6 is 0 Å². The van der Waals surface area contributed by atoms with Crippen molar-refractivity contribution >= 4 is 17.1 Å². The fraction of sp³-hybridized carbons (Fsp3) is 0.292. The minimum atomic E-state index is -0.324. The predicted octanol–water partition coefficient (Wildman–Crippen LogP) is 4.07. The molecule has 1 aromatic carbocycles. The van der Waals surface area contributed by atoms with E-state index in [9.17, 15) is 4.39 Å². The molecule has 4 heterocycles. The molecule has 1 saturated heterocycles. The molecule has 5 rings (SSSR count). The molecule has 7 nitrogen and oxygen atoms in total. The minimum absolute atomic E-state index is 0.324. The van der Waals surface area contributed by atoms with Crippen molar-refractivity contribution in [3.8, 4) is 11.3 Å². The van der Waals surface area contributed by atoms with Crippen molar-refractivity contribution in [2.24, 2.45) is 0 Å². The lowest BCUT2D eigenvalue weighted by Gasteiger charge is -2.27. The van der Waals surface area contributed by atoms with Crippen LogP contribution in [0.25, 0.3) is 22.4 Å². The monoisotopic (exact) mass is 432 g/mol. The summed E-state index contributed by atoms with van der Waals surface area (Å²) < 4.78 is 20.0. The van der Waals surface area contributed by atoms with Gasteiger partial charge in [-0.25, -0.2) is 19.3 Å². The summed E-state index contributed by atoms with van der Waals surface area (Å²) in [5.41, 5.74) is 4.55. The average Bonchev–Trinajstić information content (AvgIpc) is 2.80. The maximum absolute atomic E-state index is 14.6. The van der Waals surface area contributed by atoms with Crippen molar-refractivity contribution in [2.75, 3.05) is 31.2 Å². The van der Waals surface area contributed by atoms with Crippen molar-refractivity contribution in [1.82, 2.24) is 24.9 Å². The molecule has 4 aromatic rings. The molecular formula is C24H25FN6O. The third kappa shape index (κ3) is 5.03. The van der Waals surface area contributed by atoms with E-state index in [0.29, 0.717) is 54.7 Å². The normalized spacial score (nSPS) is 13.6. The number of ether oxygens (including phenoxy) is 1. The summed E-state index contributed by atoms with van der Waals surface area (Å²) in [6.07, 6.45) is 3.44. The quantitative estimate of drug-likeness (QED) is 0.473. The van der Waals surface area contributed by atoms with Gasteiger partial charge >= 0.3 is 0 Å². The van der Waals surface area contributed by atoms with Crippen LogP contribution in [-0.2, 0) is 4.74 Å². The number of hydrogen-bond acceptors (Lipinski definition) is 7. The summed E-state index contributed by atoms with van der Waals surface area (Å²) in [6.45, 7) is 8.31. The molecule has 0 bridgehead atoms. The van der Waals surface area contributed by atoms with Crippen molar-refractivity contribution < 1.29 is 9.13 Å². The van der Waals surface area contributed by atoms with Gasteiger partial charge in [-0.05, 0) is 50.6 Å². The number of aromatic nitrogens is 5. The van der Waals surface area contributed by atoms with Crippen molar-refractivity contribution in [1.29, 1.82) is 0 Å². The standard InChI is InChI=1S/C18H18FN5O.C6H7N/c1-11-3-4-13(14(19)9-11)15-16-17(21-12(2)10-20-16)23-18(22-15)24-5-7-25-8-6-24;1-6-4-2-3-5-7-6/h3-4,9-10H,5-8H2,1-2H3;2-5H,1H3. The molecule has 0 atom stereocenters. The molecule has 0 aliphatic carbocycles. The zero-order valence-corrected chi connectivity index (χ0v) is 18.4. The third-order valence-corrected chi connectivity index (χ3v) is 5.00. The van der Waals surface area contributed by atoms with Gasteiger partial charge in [0.25, 0.3) is 0 Å². The number of aryl methyl sites for hydroxylation is 3. The molecule has 0 spiro atoms. The van der Waals surface area contributed by atoms with E-state index in [-0.39, 0.29) is 5.82 Å². The fourth-order valence-electron chi connectivity index (χ4n) is 3.34. The minimum Gasteiger partial charge on any atom is -0.378 e. The molecule has 164 valence electrons. The first kappa shape index (κ1) is 21.7. The molecule has 8 heteroatoms. The van der Waals surface area contributed by atoms with Gasteiger partial charge in [-0.2, -0.15) is 4.98 Å². The zero-order valence-electron chi connectivity index (χ0n) is 18.4. The Bertz CT molecular complexity index is 1210. The maximum Gasteiger partial charge on any atom is 0.228 e. The first-order chi connectivity index (χ1) is 15.5. The van der Waals surface area contributed by atoms with Crippen molar-refractivity contribution in [3.63, 3.8) is 0 Å². The van der Waals surface area contributed by atoms with Gasteiger partial charge in [0.05, 0.1) is 18.9 Å². The molecule has 1 fully saturated rings. The van der Waals surface area contributed by atoms with E-state index < -0.39 is 0 Å². The number of rotatable bonds is 2. The number of anilines is 1. The van der Waals surface area contributed by atoms with Crippen LogP contribution in [0.4, 0.5) is 10.3 Å². The van der Waals surface area contributed by atoms with Gasteiger partial charge in [-0.3, -0.25) is 4.98 Å². The lowest BCUT2D eigenvalue weighted by atomic mass is 10.1. The molecule has 0 N–H and O–H groups in total. The van der Waals surface area contributed by atoms with Gasteiger partial charge in [0.2, 0.25) is 5.95 Å². The Morgan fingerprint density at radius 1 is 0.906 bits per heavy atom. The maximum atomic E-state index is 14.6. The highest BCUT2D eigenvalue weighted by atomic mass is 19.1. The third-order valence-electron chi connectivity index (χ3n) is 5.00. The van der Waals surface area contributed by atoms with Gasteiger partial charge in [-0.1, -0.05) is 12.1 Å². The highest BCUT2D eigenvalue weighted by Crippen LogP contribution is 2.29. The van der Waals surface area contributed by atoms with Gasteiger partial charge in [-0.15, -0.1) is 0 Å². The van der Waals surface area contributed by atoms with Gasteiger partial charge in [0, 0.05) is 36.7 Å². The van der Waals surface area contributed by atoms with Crippen LogP contribution in [0, 0.1) is 26.6 Å². The van der Waals surface area contributed by atoms with Crippen LogP contribution in [0.15, 0.2) is 48.8 Å². The molecule has 1 aliphatic heterocycles. The largest absolute Gasteiger partial charge is 0.378 e. The second-order valence-electron chi connectivity index (χ2n) is 7.61. The lowest BCUT2D eigenvalue weighted by Crippen LogP contribution is -2.37. The summed E-state index contributed by atoms with van der Waals surface area (Å²) in [6, 6.07) is 11.0. The van der Waals surface area contributed by atoms with Gasteiger partial charge in [0.1, 0.15) is 17.0 Å². The number of pyridine rings is 1. The number of hydrogen-bond donors (Lipinski definition) is 0. The fourth-order valence-corrected chi connectivity index (χ4v) is 3.34. The van der Waals surface area contributed by atoms with Crippen LogP contribution in [-0.4, -0.2) is 51.2 Å². The molecule has 0 saturated carbocycles. The molecule has 0 amide bonds. The molecule has 32 heavy (non-hydrogen) atoms. The van der Waals surface area contributed by atoms with Gasteiger partial charge < -0.3 is 9.64 Å². The number of fused-ring (bicyclic) bond motifs is 1. The molecule has 3 aromatic heterocycles. The van der Waals surface area contributed by atoms with E-state index in [1.807, 2.05) is 49.9 Å². The number of halogens is 1. The summed E-state index contributed by atoms with van der Waals surface area (Å²) in [5, 5.41) is 0. The van der Waals surface area contributed by atoms with E-state index in [0.717, 1.165) is 17.0 Å². The first-order valence-electron chi connectivity index (χ1n) is 10.5. The Labute approximate surface area is 186 Å². The zero-order chi connectivity index (χ0) is 22.5. The number of morpholine rings is 1. The first-order valence-corrected chi connectivity index (χ1v) is 10.5. The van der Waals surface area contributed by atoms with E-state index in [4.69, 9.17) is 4.74 Å². The summed E-state index contributed by atoms with van der Waals surface area (Å²) in [5.74, 6) is 0.209. The van der Waals surface area contributed by atoms with Crippen molar-refractivity contribution in [2.45, 2.75) is 20.8 Å². The number of benzene rings is 1. The predicted molar refractivity (Wildman–Crippen MR) is 122 cm³/mol. The van der Waals surface area contributed by atoms with Crippen LogP contribution in [0.5, 0.6) is 0 Å². The Morgan fingerprint density at radius 3 is 2.38 bits per heavy atom. The van der Waals surface area contributed by atoms with Crippen LogP contribution < -0.4 is 4.90 Å². The summed E-state index contributed by atoms with van der Waals surface area (Å²) in [7, 11) is 0. The van der Waals surface area contributed by atoms with Gasteiger partial charge in [0.15, 0.2) is 5.65 Å². The molecule has 1 aliphatic rings. The number of nitrogens with zero attached hydrogens (tertiary/aromatic N) is 6. The lowest BCUT2D eigenvalue weighted by molar-refractivity contribution is 0.122. The Kier molecular flexibility index (Phi) is 6.61. The highest BCUT2D eigenvalue weighted by molar-refractivity contribution is 5.88. The Hall–Kier alpha value is -3.52. The van der Waals surface area contributed by atoms with Crippen LogP contribution in [0.3, 0.4) is 0 Å². The van der Waals surface area contributed by atoms with Crippen molar-refractivity contribution in [3.05, 3.63) is 71.6 Å². The summed E-state index contributed by atoms with van der Waals surface area (Å²) >= 11 is 0. The van der Waals surface area contributed by atoms with E-state index in [1.54, 1.807) is 18.5 Å². The summed E-state index contributed by atoms with van der Waals surface area (Å²) in [4.78, 5) is 24.1. The topological polar surface area (TPSA) is 76.9 Å². The second kappa shape index (κ2) is 9.74. The van der Waals surface area contributed by atoms with E-state index in [1.165, 1.54) is 6.07 Å². The highest BCUT2D eigenvalue weighted by Gasteiger charge is 2.20. The van der Waals surface area contributed by atoms with E-state index in [2.05, 4.69) is 24.9 Å². The van der Waals surface area contributed by atoms with E-state index >= 15 is 0 Å². The van der Waals surface area contributed by atoms with Crippen LogP contribution in [0.1, 0.15) is 17.0 Å². The Balaban J connectivity index is 0.000000300. The average molecular weight is 433 g/mol. The molecule has 0 unspecified atom stereocenters. The smallest absolute Gasteiger partial charge is 0.228 e. The van der Waals surface area contributed by atoms with Crippen LogP contribution in [0.2, 0.25) is 0 Å². The molecule has 0 radical (unpaired) electrons. The Morgan fingerprint density at radius 2 is 1.72 bits per heavy atom. The molecular weight excluding hydrogens is 407 g/mol. The SMILES string of the molecule is Cc1ccc(-c2nc(N3CCOCC3)nc3nc(C)cnc23)c(F)c1.Cc1ccccn1.